The zero-order valence-corrected chi connectivity index (χ0v) is 13.5. The lowest BCUT2D eigenvalue weighted by Gasteiger charge is -2.16. The summed E-state index contributed by atoms with van der Waals surface area (Å²) >= 11 is 7.02. The highest BCUT2D eigenvalue weighted by molar-refractivity contribution is 7.91. The van der Waals surface area contributed by atoms with E-state index in [4.69, 9.17) is 17.3 Å². The SMILES string of the molecule is Cc1cc(S(=O)(=O)N(C)Cc2ccc(N)cc2)sc1Cl. The highest BCUT2D eigenvalue weighted by Gasteiger charge is 2.23. The molecule has 2 rings (SSSR count). The number of thiophene rings is 1. The van der Waals surface area contributed by atoms with Crippen molar-refractivity contribution in [1.29, 1.82) is 0 Å². The minimum atomic E-state index is -3.51. The van der Waals surface area contributed by atoms with Crippen LogP contribution in [0.3, 0.4) is 0 Å². The number of benzene rings is 1. The standard InChI is InChI=1S/C13H15ClN2O2S2/c1-9-7-12(19-13(9)14)20(17,18)16(2)8-10-3-5-11(15)6-4-10/h3-7H,8,15H2,1-2H3. The van der Waals surface area contributed by atoms with Crippen LogP contribution in [-0.2, 0) is 16.6 Å². The van der Waals surface area contributed by atoms with Crippen LogP contribution in [0.25, 0.3) is 0 Å². The van der Waals surface area contributed by atoms with Crippen molar-refractivity contribution in [2.75, 3.05) is 12.8 Å². The second-order valence-electron chi connectivity index (χ2n) is 4.52. The van der Waals surface area contributed by atoms with E-state index in [9.17, 15) is 8.42 Å². The first-order chi connectivity index (χ1) is 9.30. The summed E-state index contributed by atoms with van der Waals surface area (Å²) in [5, 5.41) is 0. The van der Waals surface area contributed by atoms with Crippen LogP contribution in [0.4, 0.5) is 5.69 Å². The molecule has 1 aromatic carbocycles. The van der Waals surface area contributed by atoms with Crippen LogP contribution in [0, 0.1) is 6.92 Å². The van der Waals surface area contributed by atoms with E-state index in [2.05, 4.69) is 0 Å². The van der Waals surface area contributed by atoms with Crippen LogP contribution in [0.2, 0.25) is 4.34 Å². The van der Waals surface area contributed by atoms with E-state index < -0.39 is 10.0 Å². The largest absolute Gasteiger partial charge is 0.399 e. The summed E-state index contributed by atoms with van der Waals surface area (Å²) in [6.07, 6.45) is 0. The van der Waals surface area contributed by atoms with Gasteiger partial charge in [0, 0.05) is 19.3 Å². The first kappa shape index (κ1) is 15.3. The van der Waals surface area contributed by atoms with Gasteiger partial charge in [-0.3, -0.25) is 0 Å². The van der Waals surface area contributed by atoms with E-state index in [1.807, 2.05) is 12.1 Å². The Morgan fingerprint density at radius 3 is 2.40 bits per heavy atom. The fourth-order valence-electron chi connectivity index (χ4n) is 1.68. The summed E-state index contributed by atoms with van der Waals surface area (Å²) in [6.45, 7) is 2.08. The highest BCUT2D eigenvalue weighted by Crippen LogP contribution is 2.32. The smallest absolute Gasteiger partial charge is 0.252 e. The number of aryl methyl sites for hydroxylation is 1. The van der Waals surface area contributed by atoms with Crippen molar-refractivity contribution in [2.45, 2.75) is 17.7 Å². The Labute approximate surface area is 127 Å². The third-order valence-electron chi connectivity index (χ3n) is 2.88. The Hall–Kier alpha value is -1.08. The molecule has 0 saturated heterocycles. The second kappa shape index (κ2) is 5.73. The molecule has 0 radical (unpaired) electrons. The van der Waals surface area contributed by atoms with E-state index in [1.165, 1.54) is 4.31 Å². The molecule has 0 atom stereocenters. The Kier molecular flexibility index (Phi) is 4.39. The summed E-state index contributed by atoms with van der Waals surface area (Å²) in [5.74, 6) is 0. The first-order valence-electron chi connectivity index (χ1n) is 5.87. The lowest BCUT2D eigenvalue weighted by molar-refractivity contribution is 0.468. The van der Waals surface area contributed by atoms with Crippen LogP contribution in [0.15, 0.2) is 34.5 Å². The van der Waals surface area contributed by atoms with Gasteiger partial charge in [-0.25, -0.2) is 8.42 Å². The molecule has 0 aliphatic carbocycles. The molecule has 0 spiro atoms. The molecule has 2 aromatic rings. The van der Waals surface area contributed by atoms with Crippen LogP contribution < -0.4 is 5.73 Å². The molecule has 1 heterocycles. The summed E-state index contributed by atoms with van der Waals surface area (Å²) in [5.41, 5.74) is 7.92. The highest BCUT2D eigenvalue weighted by atomic mass is 35.5. The zero-order chi connectivity index (χ0) is 14.9. The molecule has 108 valence electrons. The Morgan fingerprint density at radius 1 is 1.30 bits per heavy atom. The fraction of sp³-hybridized carbons (Fsp3) is 0.231. The summed E-state index contributed by atoms with van der Waals surface area (Å²) in [4.78, 5) is 0. The van der Waals surface area contributed by atoms with E-state index in [0.29, 0.717) is 10.0 Å². The molecular formula is C13H15ClN2O2S2. The molecular weight excluding hydrogens is 316 g/mol. The minimum absolute atomic E-state index is 0.262. The number of nitrogens with two attached hydrogens (primary N) is 1. The Morgan fingerprint density at radius 2 is 1.90 bits per heavy atom. The molecule has 0 amide bonds. The lowest BCUT2D eigenvalue weighted by Crippen LogP contribution is -2.25. The number of sulfonamides is 1. The number of hydrogen-bond acceptors (Lipinski definition) is 4. The van der Waals surface area contributed by atoms with Crippen molar-refractivity contribution in [3.63, 3.8) is 0 Å². The number of halogens is 1. The third-order valence-corrected chi connectivity index (χ3v) is 6.69. The molecule has 0 fully saturated rings. The molecule has 1 aromatic heterocycles. The zero-order valence-electron chi connectivity index (χ0n) is 11.1. The predicted octanol–water partition coefficient (Wildman–Crippen LogP) is 3.11. The molecule has 7 heteroatoms. The van der Waals surface area contributed by atoms with E-state index in [-0.39, 0.29) is 10.8 Å². The number of anilines is 1. The van der Waals surface area contributed by atoms with E-state index in [1.54, 1.807) is 32.2 Å². The van der Waals surface area contributed by atoms with Gasteiger partial charge in [-0.05, 0) is 36.2 Å². The molecule has 0 aliphatic heterocycles. The quantitative estimate of drug-likeness (QED) is 0.876. The summed E-state index contributed by atoms with van der Waals surface area (Å²) in [6, 6.07) is 8.73. The van der Waals surface area contributed by atoms with Crippen molar-refractivity contribution in [1.82, 2.24) is 4.31 Å². The van der Waals surface area contributed by atoms with Crippen LogP contribution >= 0.6 is 22.9 Å². The number of rotatable bonds is 4. The number of nitrogens with zero attached hydrogens (tertiary/aromatic N) is 1. The molecule has 4 nitrogen and oxygen atoms in total. The fourth-order valence-corrected chi connectivity index (χ4v) is 4.76. The van der Waals surface area contributed by atoms with E-state index >= 15 is 0 Å². The van der Waals surface area contributed by atoms with Gasteiger partial charge >= 0.3 is 0 Å². The Balaban J connectivity index is 2.23. The van der Waals surface area contributed by atoms with Crippen molar-refractivity contribution < 1.29 is 8.42 Å². The van der Waals surface area contributed by atoms with Crippen molar-refractivity contribution in [3.8, 4) is 0 Å². The number of nitrogen functional groups attached to an aromatic ring is 1. The molecule has 0 saturated carbocycles. The van der Waals surface area contributed by atoms with Crippen LogP contribution in [0.1, 0.15) is 11.1 Å². The molecule has 2 N–H and O–H groups in total. The molecule has 0 unspecified atom stereocenters. The second-order valence-corrected chi connectivity index (χ2v) is 8.45. The van der Waals surface area contributed by atoms with Gasteiger partial charge in [0.05, 0.1) is 4.34 Å². The third kappa shape index (κ3) is 3.15. The maximum absolute atomic E-state index is 12.4. The maximum Gasteiger partial charge on any atom is 0.252 e. The minimum Gasteiger partial charge on any atom is -0.399 e. The van der Waals surface area contributed by atoms with Gasteiger partial charge in [-0.1, -0.05) is 23.7 Å². The predicted molar refractivity (Wildman–Crippen MR) is 83.6 cm³/mol. The van der Waals surface area contributed by atoms with Gasteiger partial charge < -0.3 is 5.73 Å². The average Bonchev–Trinajstić information content (AvgIpc) is 2.73. The van der Waals surface area contributed by atoms with Gasteiger partial charge in [-0.2, -0.15) is 4.31 Å². The average molecular weight is 331 g/mol. The summed E-state index contributed by atoms with van der Waals surface area (Å²) < 4.78 is 26.9. The van der Waals surface area contributed by atoms with Gasteiger partial charge in [0.25, 0.3) is 10.0 Å². The van der Waals surface area contributed by atoms with Crippen molar-refractivity contribution >= 4 is 38.6 Å². The normalized spacial score (nSPS) is 12.0. The lowest BCUT2D eigenvalue weighted by atomic mass is 10.2. The van der Waals surface area contributed by atoms with Gasteiger partial charge in [0.2, 0.25) is 0 Å². The first-order valence-corrected chi connectivity index (χ1v) is 8.51. The number of hydrogen-bond donors (Lipinski definition) is 1. The topological polar surface area (TPSA) is 63.4 Å². The maximum atomic E-state index is 12.4. The molecule has 0 bridgehead atoms. The van der Waals surface area contributed by atoms with Gasteiger partial charge in [0.15, 0.2) is 0 Å². The molecule has 20 heavy (non-hydrogen) atoms. The monoisotopic (exact) mass is 330 g/mol. The van der Waals surface area contributed by atoms with Gasteiger partial charge in [-0.15, -0.1) is 11.3 Å². The van der Waals surface area contributed by atoms with E-state index in [0.717, 1.165) is 22.5 Å². The van der Waals surface area contributed by atoms with Crippen molar-refractivity contribution in [2.24, 2.45) is 0 Å². The Bertz CT molecular complexity index is 689. The van der Waals surface area contributed by atoms with Gasteiger partial charge in [0.1, 0.15) is 4.21 Å². The summed E-state index contributed by atoms with van der Waals surface area (Å²) in [7, 11) is -1.96. The molecule has 0 aliphatic rings. The van der Waals surface area contributed by atoms with Crippen LogP contribution in [-0.4, -0.2) is 19.8 Å². The van der Waals surface area contributed by atoms with Crippen LogP contribution in [0.5, 0.6) is 0 Å². The van der Waals surface area contributed by atoms with Crippen molar-refractivity contribution in [3.05, 3.63) is 45.8 Å².